The van der Waals surface area contributed by atoms with E-state index in [1.807, 2.05) is 54.6 Å². The Labute approximate surface area is 739 Å². The molecule has 2 spiro atoms. The highest BCUT2D eigenvalue weighted by molar-refractivity contribution is 7.35. The summed E-state index contributed by atoms with van der Waals surface area (Å²) in [7, 11) is -7.16. The van der Waals surface area contributed by atoms with Gasteiger partial charge in [-0.3, -0.25) is 0 Å². The van der Waals surface area contributed by atoms with Crippen LogP contribution in [0.4, 0.5) is 34.1 Å². The van der Waals surface area contributed by atoms with Gasteiger partial charge in [-0.15, -0.1) is 0 Å². The third-order valence-electron chi connectivity index (χ3n) is 27.1. The van der Waals surface area contributed by atoms with Crippen molar-refractivity contribution in [1.29, 1.82) is 0 Å². The van der Waals surface area contributed by atoms with E-state index in [0.29, 0.717) is 5.46 Å². The van der Waals surface area contributed by atoms with E-state index in [-0.39, 0.29) is 48.5 Å². The molecule has 0 atom stereocenters. The number of halogens is 1. The summed E-state index contributed by atoms with van der Waals surface area (Å²) in [5.74, 6) is 0. The zero-order valence-electron chi connectivity index (χ0n) is 66.5. The molecule has 26 rings (SSSR count). The van der Waals surface area contributed by atoms with Crippen molar-refractivity contribution in [1.82, 2.24) is 9.13 Å². The molecule has 14 heteroatoms. The van der Waals surface area contributed by atoms with Crippen molar-refractivity contribution in [3.8, 4) is 11.4 Å². The maximum Gasteiger partial charge on any atom is 0.490 e. The average molecular weight is 1650 g/mol. The lowest BCUT2D eigenvalue weighted by molar-refractivity contribution is 0.426. The molecule has 2 N–H and O–H groups in total. The first-order chi connectivity index (χ1) is 60.4. The van der Waals surface area contributed by atoms with Gasteiger partial charge in [-0.2, -0.15) is 11.5 Å². The monoisotopic (exact) mass is 1650 g/mol. The zero-order valence-corrected chi connectivity index (χ0v) is 69.3. The Morgan fingerprint density at radius 1 is 0.224 bits per heavy atom. The summed E-state index contributed by atoms with van der Waals surface area (Å²) in [5.41, 5.74) is 29.7. The number of aromatic nitrogens is 2. The van der Waals surface area contributed by atoms with Gasteiger partial charge in [-0.05, 0) is 154 Å². The fraction of sp³-hybridized carbons (Fsp3) is 0.0270. The van der Waals surface area contributed by atoms with Crippen LogP contribution in [0.25, 0.3) is 55.0 Å². The fourth-order valence-electron chi connectivity index (χ4n) is 22.7. The first-order valence-corrected chi connectivity index (χ1v) is 46.7. The molecule has 20 aromatic rings. The van der Waals surface area contributed by atoms with Gasteiger partial charge in [0.15, 0.2) is 16.1 Å². The van der Waals surface area contributed by atoms with E-state index >= 15 is 0 Å². The van der Waals surface area contributed by atoms with Crippen LogP contribution in [-0.2, 0) is 0 Å². The van der Waals surface area contributed by atoms with E-state index in [2.05, 4.69) is 395 Å². The zero-order chi connectivity index (χ0) is 80.9. The van der Waals surface area contributed by atoms with Crippen LogP contribution in [0.3, 0.4) is 0 Å². The highest BCUT2D eigenvalue weighted by Gasteiger charge is 2.59. The summed E-state index contributed by atoms with van der Waals surface area (Å²) in [4.78, 5) is 5.00. The van der Waals surface area contributed by atoms with Crippen molar-refractivity contribution < 1.29 is 10.0 Å². The highest BCUT2D eigenvalue weighted by Crippen LogP contribution is 2.40. The maximum absolute atomic E-state index is 9.76. The van der Waals surface area contributed by atoms with Crippen LogP contribution < -0.4 is 117 Å². The Bertz CT molecular complexity index is 7530. The summed E-state index contributed by atoms with van der Waals surface area (Å²) < 4.78 is 4.59. The number of benzene rings is 18. The van der Waals surface area contributed by atoms with Gasteiger partial charge in [-0.1, -0.05) is 407 Å². The summed E-state index contributed by atoms with van der Waals surface area (Å²) in [5, 5.41) is 36.0. The van der Waals surface area contributed by atoms with Crippen LogP contribution in [0.2, 0.25) is 0 Å². The highest BCUT2D eigenvalue weighted by atomic mass is 35.5. The second kappa shape index (κ2) is 31.2. The summed E-state index contributed by atoms with van der Waals surface area (Å²) in [6.07, 6.45) is -0.161. The Morgan fingerprint density at radius 3 is 0.904 bits per heavy atom. The number of fused-ring (bicyclic) bond motifs is 26. The van der Waals surface area contributed by atoms with Crippen LogP contribution >= 0.6 is 11.5 Å². The molecule has 0 fully saturated rings. The van der Waals surface area contributed by atoms with Gasteiger partial charge in [0, 0.05) is 78.0 Å². The van der Waals surface area contributed by atoms with Gasteiger partial charge in [0.25, 0.3) is 0 Å². The molecule has 6 aliphatic heterocycles. The topological polar surface area (TPSA) is 56.8 Å². The molecule has 0 saturated carbocycles. The Morgan fingerprint density at radius 2 is 0.496 bits per heavy atom. The van der Waals surface area contributed by atoms with Crippen molar-refractivity contribution in [2.24, 2.45) is 0 Å². The number of para-hydroxylation sites is 10. The van der Waals surface area contributed by atoms with E-state index < -0.39 is 23.3 Å². The lowest BCUT2D eigenvalue weighted by Gasteiger charge is -2.50. The molecule has 0 aliphatic carbocycles. The molecule has 6 aliphatic rings. The molecule has 592 valence electrons. The maximum atomic E-state index is 9.76. The smallest absolute Gasteiger partial charge is 0.423 e. The lowest BCUT2D eigenvalue weighted by Crippen LogP contribution is -2.93. The quantitative estimate of drug-likeness (QED) is 0.163. The van der Waals surface area contributed by atoms with Crippen LogP contribution in [0.1, 0.15) is 22.3 Å². The first-order valence-electron chi connectivity index (χ1n) is 42.3. The molecule has 0 unspecified atom stereocenters. The van der Waals surface area contributed by atoms with Gasteiger partial charge in [0.05, 0.1) is 16.6 Å². The number of anilines is 6. The van der Waals surface area contributed by atoms with E-state index in [1.165, 1.54) is 163 Å². The van der Waals surface area contributed by atoms with Crippen molar-refractivity contribution >= 4 is 246 Å². The molecular weight excluding hydrogens is 1570 g/mol. The van der Waals surface area contributed by atoms with Gasteiger partial charge < -0.3 is 29.0 Å². The summed E-state index contributed by atoms with van der Waals surface area (Å²) >= 11 is 7.32. The Hall–Kier alpha value is -13.9. The Balaban J connectivity index is 0.000000125. The van der Waals surface area contributed by atoms with Crippen molar-refractivity contribution in [3.05, 3.63) is 437 Å². The molecule has 18 aromatic carbocycles. The lowest BCUT2D eigenvalue weighted by atomic mass is 9.34. The molecule has 0 amide bonds. The van der Waals surface area contributed by atoms with E-state index in [4.69, 9.17) is 11.5 Å². The molecule has 2 aromatic heterocycles. The minimum absolute atomic E-state index is 0. The molecule has 0 radical (unpaired) electrons. The van der Waals surface area contributed by atoms with Gasteiger partial charge in [-0.25, -0.2) is 0 Å². The van der Waals surface area contributed by atoms with E-state index in [1.54, 1.807) is 6.07 Å². The van der Waals surface area contributed by atoms with E-state index in [0.717, 1.165) is 27.5 Å². The van der Waals surface area contributed by atoms with Crippen LogP contribution in [-0.4, -0.2) is 68.7 Å². The number of hydrogen-bond acceptors (Lipinski definition) is 4. The van der Waals surface area contributed by atoms with Gasteiger partial charge in [0.1, 0.15) is 0 Å². The van der Waals surface area contributed by atoms with Crippen LogP contribution in [0, 0.1) is 0 Å². The molecule has 8 heterocycles. The Kier molecular flexibility index (Phi) is 19.5. The minimum Gasteiger partial charge on any atom is -0.423 e. The fourth-order valence-corrected chi connectivity index (χ4v) is 34.8. The summed E-state index contributed by atoms with van der Waals surface area (Å²) in [6, 6.07) is 161. The number of hydrogen-bond donors (Lipinski definition) is 2. The van der Waals surface area contributed by atoms with Crippen LogP contribution in [0.15, 0.2) is 437 Å². The van der Waals surface area contributed by atoms with Gasteiger partial charge in [0.2, 0.25) is 20.1 Å². The van der Waals surface area contributed by atoms with E-state index in [9.17, 15) is 10.0 Å². The van der Waals surface area contributed by atoms with Crippen molar-refractivity contribution in [2.75, 3.05) is 9.80 Å². The van der Waals surface area contributed by atoms with Crippen molar-refractivity contribution in [2.45, 2.75) is 22.3 Å². The molecule has 0 saturated heterocycles. The predicted molar refractivity (Wildman–Crippen MR) is 546 cm³/mol. The third kappa shape index (κ3) is 11.4. The van der Waals surface area contributed by atoms with Gasteiger partial charge >= 0.3 is 13.2 Å². The molecule has 6 nitrogen and oxygen atoms in total. The van der Waals surface area contributed by atoms with Crippen molar-refractivity contribution in [3.63, 3.8) is 0 Å². The number of rotatable bonds is 6. The first kappa shape index (κ1) is 78.4. The average Bonchev–Trinajstić information content (AvgIpc) is 1.05. The SMILES string of the molecule is C.C.C.ClB1c2ccccc2[Si]2(c3ccccc31)c1ccccc1B1c3ccccc3N(c3ccccc3)c3cccc2c31.OB(O)c1cccc2c3ccccc3n(-c3ccccc3)c12.c1ccc(N2c3ccccc3B3c4ccccc4[Si]4(c5ccccc5B(c5cccc6c7ccccc7n(-c7ccccc7)c56)c5ccccc54)c4cccc2c43)cc1. The predicted octanol–water partition coefficient (Wildman–Crippen LogP) is 12.3. The third-order valence-corrected chi connectivity index (χ3v) is 37.6. The normalized spacial score (nSPS) is 13.6. The largest absolute Gasteiger partial charge is 0.490 e. The molecule has 125 heavy (non-hydrogen) atoms. The standard InChI is InChI=1S/C54H36B2N2Si.C36H24B2ClNSi.C18H14BNO2.3CH4/c1-3-19-37(20-4-1)57-47-31-13-8-25-41(47)56-44-28-11-16-35-51(44)59(52-36-18-32-48(57)53(52)56)49-33-14-9-26-42(49)55(43-27-10-15-34-50(43)59)45-29-17-24-40-39-23-7-12-30-46(39)58(54(40)45)38-21-5-2-6-22-38;39-38-28-17-6-10-22-33(28)41(34-23-11-7-18-29(34)38)32-21-9-5-16-27(32)37-26-15-4-8-19-30(26)40(25-13-2-1-3-14-25)31-20-12-24-35(41)36(31)37;21-19(22)16-11-6-10-15-14-9-4-5-12-17(14)20(18(15)16)13-7-2-1-3-8-13;;;/h1-36H;1-24H;1-12,21-22H;3*1H4. The molecule has 0 bridgehead atoms. The number of nitrogens with zero attached hydrogens (tertiary/aromatic N) is 4. The van der Waals surface area contributed by atoms with Crippen LogP contribution in [0.5, 0.6) is 0 Å². The summed E-state index contributed by atoms with van der Waals surface area (Å²) in [6.45, 7) is 0.320. The second-order valence-electron chi connectivity index (χ2n) is 32.9. The second-order valence-corrected chi connectivity index (χ2v) is 40.6. The minimum atomic E-state index is -2.94. The molecular formula is C111H86B5ClN4O2Si2.